The fraction of sp³-hybridized carbons (Fsp3) is 0.278. The highest BCUT2D eigenvalue weighted by Crippen LogP contribution is 2.25. The Hall–Kier alpha value is -2.58. The Kier molecular flexibility index (Phi) is 6.23. The molecule has 0 aromatic heterocycles. The maximum atomic E-state index is 12.7. The van der Waals surface area contributed by atoms with E-state index in [1.807, 2.05) is 0 Å². The van der Waals surface area contributed by atoms with Crippen LogP contribution in [0.2, 0.25) is 0 Å². The number of hydrogen-bond donors (Lipinski definition) is 2. The molecule has 0 radical (unpaired) electrons. The monoisotopic (exact) mass is 378 g/mol. The topological polar surface area (TPSA) is 93.7 Å². The van der Waals surface area contributed by atoms with Crippen molar-refractivity contribution in [2.24, 2.45) is 0 Å². The molecule has 2 rings (SSSR count). The summed E-state index contributed by atoms with van der Waals surface area (Å²) >= 11 is 0. The van der Waals surface area contributed by atoms with E-state index in [9.17, 15) is 13.2 Å². The molecule has 0 bridgehead atoms. The first-order chi connectivity index (χ1) is 12.3. The number of carbonyl (C=O) groups is 1. The number of sulfonamides is 1. The first kappa shape index (κ1) is 19.7. The van der Waals surface area contributed by atoms with E-state index in [2.05, 4.69) is 10.0 Å². The normalized spacial score (nSPS) is 12.3. The summed E-state index contributed by atoms with van der Waals surface area (Å²) in [7, 11) is -1.07. The lowest BCUT2D eigenvalue weighted by atomic mass is 10.2. The molecule has 0 aliphatic rings. The van der Waals surface area contributed by atoms with Gasteiger partial charge < -0.3 is 14.8 Å². The van der Waals surface area contributed by atoms with Crippen molar-refractivity contribution in [2.75, 3.05) is 19.5 Å². The number of amides is 1. The molecule has 7 nitrogen and oxygen atoms in total. The maximum absolute atomic E-state index is 12.7. The third kappa shape index (κ3) is 4.53. The lowest BCUT2D eigenvalue weighted by Crippen LogP contribution is -2.41. The summed E-state index contributed by atoms with van der Waals surface area (Å²) in [4.78, 5) is 12.4. The van der Waals surface area contributed by atoms with Crippen LogP contribution in [-0.4, -0.2) is 34.6 Å². The van der Waals surface area contributed by atoms with E-state index in [0.29, 0.717) is 11.4 Å². The fourth-order valence-electron chi connectivity index (χ4n) is 2.33. The zero-order valence-electron chi connectivity index (χ0n) is 15.1. The molecular formula is C18H22N2O5S. The minimum atomic E-state index is -3.94. The molecule has 26 heavy (non-hydrogen) atoms. The van der Waals surface area contributed by atoms with Crippen molar-refractivity contribution in [1.82, 2.24) is 4.72 Å². The number of nitrogens with one attached hydrogen (secondary N) is 2. The summed E-state index contributed by atoms with van der Waals surface area (Å²) in [6.45, 7) is 3.24. The first-order valence-electron chi connectivity index (χ1n) is 7.89. The van der Waals surface area contributed by atoms with Crippen LogP contribution in [-0.2, 0) is 14.8 Å². The van der Waals surface area contributed by atoms with Crippen molar-refractivity contribution in [1.29, 1.82) is 0 Å². The molecule has 2 aromatic carbocycles. The average molecular weight is 378 g/mol. The van der Waals surface area contributed by atoms with Gasteiger partial charge in [0.05, 0.1) is 25.9 Å². The number of para-hydroxylation sites is 2. The molecule has 0 spiro atoms. The number of hydrogen-bond acceptors (Lipinski definition) is 5. The number of anilines is 1. The van der Waals surface area contributed by atoms with Gasteiger partial charge in [-0.3, -0.25) is 4.79 Å². The molecule has 0 unspecified atom stereocenters. The second-order valence-electron chi connectivity index (χ2n) is 5.69. The summed E-state index contributed by atoms with van der Waals surface area (Å²) < 4.78 is 38.0. The van der Waals surface area contributed by atoms with Crippen molar-refractivity contribution in [2.45, 2.75) is 24.8 Å². The van der Waals surface area contributed by atoms with Gasteiger partial charge in [-0.25, -0.2) is 8.42 Å². The van der Waals surface area contributed by atoms with Gasteiger partial charge in [0, 0.05) is 0 Å². The highest BCUT2D eigenvalue weighted by molar-refractivity contribution is 7.89. The maximum Gasteiger partial charge on any atom is 0.244 e. The van der Waals surface area contributed by atoms with Crippen LogP contribution in [0.5, 0.6) is 11.5 Å². The summed E-state index contributed by atoms with van der Waals surface area (Å²) in [6, 6.07) is 10.7. The van der Waals surface area contributed by atoms with Gasteiger partial charge in [0.15, 0.2) is 0 Å². The predicted molar refractivity (Wildman–Crippen MR) is 99.1 cm³/mol. The van der Waals surface area contributed by atoms with E-state index < -0.39 is 22.0 Å². The van der Waals surface area contributed by atoms with Crippen molar-refractivity contribution in [3.05, 3.63) is 48.0 Å². The molecule has 0 aliphatic carbocycles. The molecule has 2 aromatic rings. The van der Waals surface area contributed by atoms with Crippen LogP contribution in [0.25, 0.3) is 0 Å². The van der Waals surface area contributed by atoms with Crippen molar-refractivity contribution >= 4 is 21.6 Å². The van der Waals surface area contributed by atoms with Crippen LogP contribution in [0.3, 0.4) is 0 Å². The Bertz CT molecular complexity index is 896. The van der Waals surface area contributed by atoms with E-state index in [-0.39, 0.29) is 10.6 Å². The minimum Gasteiger partial charge on any atom is -0.495 e. The number of rotatable bonds is 7. The SMILES string of the molecule is COc1ccccc1NC(=O)[C@@H](C)NS(=O)(=O)c1cc(C)ccc1OC. The molecule has 0 fully saturated rings. The quantitative estimate of drug-likeness (QED) is 0.771. The van der Waals surface area contributed by atoms with E-state index in [0.717, 1.165) is 5.56 Å². The van der Waals surface area contributed by atoms with E-state index in [1.54, 1.807) is 43.3 Å². The standard InChI is InChI=1S/C18H22N2O5S/c1-12-9-10-16(25-4)17(11-12)26(22,23)20-13(2)18(21)19-14-7-5-6-8-15(14)24-3/h5-11,13,20H,1-4H3,(H,19,21)/t13-/m1/s1. The van der Waals surface area contributed by atoms with Gasteiger partial charge in [-0.2, -0.15) is 4.72 Å². The Balaban J connectivity index is 2.19. The van der Waals surface area contributed by atoms with Crippen molar-refractivity contribution < 1.29 is 22.7 Å². The third-order valence-corrected chi connectivity index (χ3v) is 5.26. The lowest BCUT2D eigenvalue weighted by Gasteiger charge is -2.17. The first-order valence-corrected chi connectivity index (χ1v) is 9.37. The van der Waals surface area contributed by atoms with Gasteiger partial charge >= 0.3 is 0 Å². The summed E-state index contributed by atoms with van der Waals surface area (Å²) in [5, 5.41) is 2.65. The molecule has 1 atom stereocenters. The van der Waals surface area contributed by atoms with Gasteiger partial charge in [0.2, 0.25) is 15.9 Å². The summed E-state index contributed by atoms with van der Waals surface area (Å²) in [5.41, 5.74) is 1.22. The molecule has 0 saturated carbocycles. The van der Waals surface area contributed by atoms with Crippen LogP contribution >= 0.6 is 0 Å². The van der Waals surface area contributed by atoms with Crippen LogP contribution in [0.4, 0.5) is 5.69 Å². The zero-order chi connectivity index (χ0) is 19.3. The van der Waals surface area contributed by atoms with Gasteiger partial charge in [-0.1, -0.05) is 18.2 Å². The minimum absolute atomic E-state index is 0.0167. The Morgan fingerprint density at radius 2 is 1.69 bits per heavy atom. The van der Waals surface area contributed by atoms with Gasteiger partial charge in [0.25, 0.3) is 0 Å². The van der Waals surface area contributed by atoms with Gasteiger partial charge in [0.1, 0.15) is 16.4 Å². The molecule has 1 amide bonds. The summed E-state index contributed by atoms with van der Waals surface area (Å²) in [5.74, 6) is 0.182. The largest absolute Gasteiger partial charge is 0.495 e. The van der Waals surface area contributed by atoms with Crippen LogP contribution in [0, 0.1) is 6.92 Å². The highest BCUT2D eigenvalue weighted by Gasteiger charge is 2.25. The predicted octanol–water partition coefficient (Wildman–Crippen LogP) is 2.32. The Morgan fingerprint density at radius 1 is 1.04 bits per heavy atom. The number of benzene rings is 2. The molecule has 0 aliphatic heterocycles. The second-order valence-corrected chi connectivity index (χ2v) is 7.37. The zero-order valence-corrected chi connectivity index (χ0v) is 15.9. The van der Waals surface area contributed by atoms with Crippen LogP contribution in [0.1, 0.15) is 12.5 Å². The van der Waals surface area contributed by atoms with Gasteiger partial charge in [-0.05, 0) is 43.7 Å². The van der Waals surface area contributed by atoms with E-state index in [4.69, 9.17) is 9.47 Å². The smallest absolute Gasteiger partial charge is 0.244 e. The van der Waals surface area contributed by atoms with E-state index >= 15 is 0 Å². The van der Waals surface area contributed by atoms with E-state index in [1.165, 1.54) is 27.2 Å². The average Bonchev–Trinajstić information content (AvgIpc) is 2.61. The Morgan fingerprint density at radius 3 is 2.35 bits per heavy atom. The molecule has 0 saturated heterocycles. The number of aryl methyl sites for hydroxylation is 1. The van der Waals surface area contributed by atoms with Crippen molar-refractivity contribution in [3.63, 3.8) is 0 Å². The molecule has 140 valence electrons. The van der Waals surface area contributed by atoms with Crippen LogP contribution in [0.15, 0.2) is 47.4 Å². The fourth-order valence-corrected chi connectivity index (χ4v) is 3.79. The molecule has 0 heterocycles. The van der Waals surface area contributed by atoms with Crippen molar-refractivity contribution in [3.8, 4) is 11.5 Å². The second kappa shape index (κ2) is 8.20. The lowest BCUT2D eigenvalue weighted by molar-refractivity contribution is -0.117. The number of methoxy groups -OCH3 is 2. The highest BCUT2D eigenvalue weighted by atomic mass is 32.2. The molecular weight excluding hydrogens is 356 g/mol. The Labute approximate surface area is 153 Å². The molecule has 8 heteroatoms. The molecule has 2 N–H and O–H groups in total. The number of ether oxygens (including phenoxy) is 2. The van der Waals surface area contributed by atoms with Gasteiger partial charge in [-0.15, -0.1) is 0 Å². The third-order valence-electron chi connectivity index (χ3n) is 3.70. The van der Waals surface area contributed by atoms with Crippen LogP contribution < -0.4 is 19.5 Å². The number of carbonyl (C=O) groups excluding carboxylic acids is 1. The summed E-state index contributed by atoms with van der Waals surface area (Å²) in [6.07, 6.45) is 0.